The minimum atomic E-state index is -0.979. The Morgan fingerprint density at radius 2 is 1.87 bits per heavy atom. The number of carbonyl (C=O) groups is 1. The predicted molar refractivity (Wildman–Crippen MR) is 209 cm³/mol. The van der Waals surface area contributed by atoms with Gasteiger partial charge in [0.25, 0.3) is 0 Å². The maximum absolute atomic E-state index is 12.9. The Balaban J connectivity index is 1.34. The molecular weight excluding hydrogens is 718 g/mol. The molecule has 0 aliphatic carbocycles. The smallest absolute Gasteiger partial charge is 0.352 e. The highest BCUT2D eigenvalue weighted by molar-refractivity contribution is 7.98. The van der Waals surface area contributed by atoms with Gasteiger partial charge in [0.2, 0.25) is 0 Å². The van der Waals surface area contributed by atoms with Crippen LogP contribution in [0.4, 0.5) is 0 Å². The number of rotatable bonds is 7. The van der Waals surface area contributed by atoms with Crippen molar-refractivity contribution in [2.75, 3.05) is 33.5 Å². The van der Waals surface area contributed by atoms with Crippen LogP contribution in [0.1, 0.15) is 45.2 Å². The second-order valence-corrected chi connectivity index (χ2v) is 15.3. The summed E-state index contributed by atoms with van der Waals surface area (Å²) in [4.78, 5) is 14.0. The van der Waals surface area contributed by atoms with Gasteiger partial charge in [-0.25, -0.2) is 4.79 Å². The van der Waals surface area contributed by atoms with E-state index in [1.165, 1.54) is 0 Å². The molecule has 13 heteroatoms. The quantitative estimate of drug-likeness (QED) is 0.160. The summed E-state index contributed by atoms with van der Waals surface area (Å²) in [6.45, 7) is 6.79. The van der Waals surface area contributed by atoms with E-state index in [9.17, 15) is 9.90 Å². The highest BCUT2D eigenvalue weighted by Gasteiger charge is 2.27. The van der Waals surface area contributed by atoms with E-state index in [1.807, 2.05) is 59.1 Å². The molecule has 0 amide bonds. The number of carboxylic acid groups (broad SMARTS) is 1. The van der Waals surface area contributed by atoms with Crippen molar-refractivity contribution >= 4 is 62.8 Å². The molecule has 0 radical (unpaired) electrons. The van der Waals surface area contributed by atoms with Crippen LogP contribution in [0.5, 0.6) is 5.75 Å². The number of nitrogens with zero attached hydrogens (tertiary/aromatic N) is 5. The zero-order valence-corrected chi connectivity index (χ0v) is 32.2. The molecule has 6 aromatic rings. The molecule has 7 rings (SSSR count). The van der Waals surface area contributed by atoms with Crippen LogP contribution in [0.2, 0.25) is 5.02 Å². The van der Waals surface area contributed by atoms with Crippen LogP contribution in [-0.2, 0) is 46.9 Å². The molecule has 0 saturated carbocycles. The van der Waals surface area contributed by atoms with Crippen molar-refractivity contribution in [3.63, 3.8) is 0 Å². The van der Waals surface area contributed by atoms with E-state index in [0.717, 1.165) is 72.0 Å². The van der Waals surface area contributed by atoms with Crippen LogP contribution in [-0.4, -0.2) is 68.7 Å². The standard InChI is InChI=1S/C39H42ClN5O5S2/c1-24-35-32-11-10-31(40)37(35)36-25(2)41-45(13-15-49-17-16-48-4)33(36)23-51-21-27-19-28(43(3)42-27)22-52-29-18-26-8-5-6-9-30(26)34(20-29)50-14-7-12-44(32)38(24)39(46)47/h5-6,8-11,18-20H,7,12-17,21-23H2,1-4H3,(H,46,47). The molecule has 3 aromatic heterocycles. The Labute approximate surface area is 316 Å². The molecule has 52 heavy (non-hydrogen) atoms. The van der Waals surface area contributed by atoms with Crippen molar-refractivity contribution in [2.24, 2.45) is 7.05 Å². The second-order valence-electron chi connectivity index (χ2n) is 12.9. The number of benzene rings is 3. The van der Waals surface area contributed by atoms with Crippen molar-refractivity contribution in [3.8, 4) is 16.9 Å². The number of methoxy groups -OCH3 is 1. The maximum atomic E-state index is 12.9. The molecule has 0 fully saturated rings. The summed E-state index contributed by atoms with van der Waals surface area (Å²) < 4.78 is 23.3. The van der Waals surface area contributed by atoms with E-state index in [4.69, 9.17) is 36.0 Å². The number of halogens is 1. The Kier molecular flexibility index (Phi) is 11.2. The molecule has 4 heterocycles. The fraction of sp³-hybridized carbons (Fsp3) is 0.359. The molecule has 1 N–H and O–H groups in total. The van der Waals surface area contributed by atoms with Crippen molar-refractivity contribution < 1.29 is 24.1 Å². The van der Waals surface area contributed by atoms with Crippen molar-refractivity contribution in [3.05, 3.63) is 93.7 Å². The summed E-state index contributed by atoms with van der Waals surface area (Å²) in [7, 11) is 3.66. The molecule has 0 spiro atoms. The number of ether oxygens (including phenoxy) is 3. The SMILES string of the molecule is COCCOCCn1nc(C)c2c1CSCc1cc(n(C)n1)CSc1cc(c3ccccc3c1)OCCCn1c(C(=O)O)c(C)c3c-2c(Cl)ccc31. The number of fused-ring (bicyclic) bond motifs is 8. The van der Waals surface area contributed by atoms with Crippen molar-refractivity contribution in [2.45, 2.75) is 55.5 Å². The number of carboxylic acids is 1. The number of hydrogen-bond acceptors (Lipinski definition) is 8. The minimum absolute atomic E-state index is 0.253. The largest absolute Gasteiger partial charge is 0.493 e. The third kappa shape index (κ3) is 7.32. The Morgan fingerprint density at radius 3 is 2.69 bits per heavy atom. The Morgan fingerprint density at radius 1 is 1.02 bits per heavy atom. The zero-order chi connectivity index (χ0) is 36.4. The molecule has 3 aromatic carbocycles. The highest BCUT2D eigenvalue weighted by atomic mass is 35.5. The summed E-state index contributed by atoms with van der Waals surface area (Å²) in [6, 6.07) is 18.6. The minimum Gasteiger partial charge on any atom is -0.493 e. The van der Waals surface area contributed by atoms with Gasteiger partial charge in [-0.15, -0.1) is 23.5 Å². The maximum Gasteiger partial charge on any atom is 0.352 e. The van der Waals surface area contributed by atoms with Crippen molar-refractivity contribution in [1.82, 2.24) is 24.1 Å². The molecule has 0 saturated heterocycles. The monoisotopic (exact) mass is 759 g/mol. The van der Waals surface area contributed by atoms with Gasteiger partial charge in [0.05, 0.1) is 50.1 Å². The van der Waals surface area contributed by atoms with Crippen molar-refractivity contribution in [1.29, 1.82) is 0 Å². The van der Waals surface area contributed by atoms with Crippen LogP contribution >= 0.6 is 35.1 Å². The molecule has 10 nitrogen and oxygen atoms in total. The Hall–Kier alpha value is -3.94. The van der Waals surface area contributed by atoms with E-state index < -0.39 is 5.97 Å². The first kappa shape index (κ1) is 36.4. The lowest BCUT2D eigenvalue weighted by Crippen LogP contribution is -2.12. The number of aryl methyl sites for hydroxylation is 4. The Bertz CT molecular complexity index is 2260. The molecule has 0 unspecified atom stereocenters. The van der Waals surface area contributed by atoms with Gasteiger partial charge < -0.3 is 23.9 Å². The molecule has 8 bridgehead atoms. The lowest BCUT2D eigenvalue weighted by atomic mass is 9.97. The topological polar surface area (TPSA) is 106 Å². The summed E-state index contributed by atoms with van der Waals surface area (Å²) in [5.74, 6) is 1.95. The third-order valence-electron chi connectivity index (χ3n) is 9.47. The number of hydrogen-bond donors (Lipinski definition) is 1. The predicted octanol–water partition coefficient (Wildman–Crippen LogP) is 8.53. The fourth-order valence-electron chi connectivity index (χ4n) is 7.09. The van der Waals surface area contributed by atoms with Crippen LogP contribution in [0.3, 0.4) is 0 Å². The van der Waals surface area contributed by atoms with Gasteiger partial charge in [0.1, 0.15) is 11.4 Å². The lowest BCUT2D eigenvalue weighted by molar-refractivity contribution is 0.0651. The fourth-order valence-corrected chi connectivity index (χ4v) is 9.27. The van der Waals surface area contributed by atoms with Gasteiger partial charge in [0, 0.05) is 81.0 Å². The van der Waals surface area contributed by atoms with Gasteiger partial charge >= 0.3 is 5.97 Å². The van der Waals surface area contributed by atoms with Gasteiger partial charge in [-0.2, -0.15) is 10.2 Å². The average Bonchev–Trinajstić information content (AvgIpc) is 3.74. The first-order chi connectivity index (χ1) is 25.2. The van der Waals surface area contributed by atoms with Gasteiger partial charge in [-0.05, 0) is 61.5 Å². The summed E-state index contributed by atoms with van der Waals surface area (Å²) in [5, 5.41) is 24.0. The number of aromatic nitrogens is 5. The van der Waals surface area contributed by atoms with E-state index in [-0.39, 0.29) is 5.69 Å². The van der Waals surface area contributed by atoms with Gasteiger partial charge in [-0.3, -0.25) is 9.36 Å². The summed E-state index contributed by atoms with van der Waals surface area (Å²) >= 11 is 10.6. The van der Waals surface area contributed by atoms with E-state index in [0.29, 0.717) is 68.0 Å². The molecule has 1 aliphatic rings. The van der Waals surface area contributed by atoms with Crippen LogP contribution in [0.25, 0.3) is 32.8 Å². The van der Waals surface area contributed by atoms with Gasteiger partial charge in [-0.1, -0.05) is 35.9 Å². The average molecular weight is 760 g/mol. The first-order valence-electron chi connectivity index (χ1n) is 17.3. The molecule has 0 atom stereocenters. The second kappa shape index (κ2) is 16.0. The highest BCUT2D eigenvalue weighted by Crippen LogP contribution is 2.43. The lowest BCUT2D eigenvalue weighted by Gasteiger charge is -2.14. The van der Waals surface area contributed by atoms with Gasteiger partial charge in [0.15, 0.2) is 0 Å². The summed E-state index contributed by atoms with van der Waals surface area (Å²) in [5.41, 5.74) is 7.45. The number of aromatic carboxylic acids is 1. The molecule has 1 aliphatic heterocycles. The molecular formula is C39H42ClN5O5S2. The van der Waals surface area contributed by atoms with E-state index in [1.54, 1.807) is 30.6 Å². The third-order valence-corrected chi connectivity index (χ3v) is 11.8. The van der Waals surface area contributed by atoms with Crippen LogP contribution in [0.15, 0.2) is 59.5 Å². The zero-order valence-electron chi connectivity index (χ0n) is 29.8. The molecule has 272 valence electrons. The van der Waals surface area contributed by atoms with E-state index in [2.05, 4.69) is 30.3 Å². The first-order valence-corrected chi connectivity index (χ1v) is 19.8. The number of thioether (sulfide) groups is 2. The van der Waals surface area contributed by atoms with Crippen LogP contribution < -0.4 is 4.74 Å². The van der Waals surface area contributed by atoms with E-state index >= 15 is 0 Å². The normalized spacial score (nSPS) is 14.0. The van der Waals surface area contributed by atoms with Crippen LogP contribution in [0, 0.1) is 13.8 Å². The summed E-state index contributed by atoms with van der Waals surface area (Å²) in [6.07, 6.45) is 0.604.